The van der Waals surface area contributed by atoms with Crippen molar-refractivity contribution in [2.45, 2.75) is 13.0 Å². The molecule has 0 unspecified atom stereocenters. The van der Waals surface area contributed by atoms with Crippen LogP contribution in [0.2, 0.25) is 0 Å². The van der Waals surface area contributed by atoms with Crippen LogP contribution in [0.1, 0.15) is 12.2 Å². The Bertz CT molecular complexity index is 583. The average molecular weight is 310 g/mol. The molecule has 2 aromatic rings. The van der Waals surface area contributed by atoms with Crippen LogP contribution in [0.15, 0.2) is 41.0 Å². The number of hydrogen-bond donors (Lipinski definition) is 2. The van der Waals surface area contributed by atoms with Gasteiger partial charge in [0.1, 0.15) is 29.7 Å². The third-order valence-corrected chi connectivity index (χ3v) is 2.78. The standard InChI is InChI=1S/C15H16F2N2O3/c16-12-5-1-6-13(17)14(12)19-15(20)18-7-3-8-21-10-11-4-2-9-22-11/h1-2,4-6,9H,3,7-8,10H2,(H2,18,19,20). The zero-order chi connectivity index (χ0) is 15.8. The van der Waals surface area contributed by atoms with Gasteiger partial charge in [0.25, 0.3) is 0 Å². The first-order chi connectivity index (χ1) is 10.7. The number of furan rings is 1. The van der Waals surface area contributed by atoms with Crippen LogP contribution in [-0.4, -0.2) is 19.2 Å². The zero-order valence-corrected chi connectivity index (χ0v) is 11.8. The lowest BCUT2D eigenvalue weighted by molar-refractivity contribution is 0.104. The third kappa shape index (κ3) is 4.85. The average Bonchev–Trinajstić information content (AvgIpc) is 3.00. The molecule has 22 heavy (non-hydrogen) atoms. The molecule has 1 aromatic carbocycles. The van der Waals surface area contributed by atoms with Crippen molar-refractivity contribution in [2.75, 3.05) is 18.5 Å². The van der Waals surface area contributed by atoms with Gasteiger partial charge < -0.3 is 19.8 Å². The minimum atomic E-state index is -0.822. The van der Waals surface area contributed by atoms with Gasteiger partial charge >= 0.3 is 6.03 Å². The van der Waals surface area contributed by atoms with E-state index < -0.39 is 23.4 Å². The van der Waals surface area contributed by atoms with Crippen LogP contribution >= 0.6 is 0 Å². The SMILES string of the molecule is O=C(NCCCOCc1ccco1)Nc1c(F)cccc1F. The highest BCUT2D eigenvalue weighted by molar-refractivity contribution is 5.89. The van der Waals surface area contributed by atoms with Crippen LogP contribution in [-0.2, 0) is 11.3 Å². The van der Waals surface area contributed by atoms with Crippen LogP contribution in [0.4, 0.5) is 19.3 Å². The number of urea groups is 1. The van der Waals surface area contributed by atoms with E-state index >= 15 is 0 Å². The van der Waals surface area contributed by atoms with Crippen molar-refractivity contribution in [3.8, 4) is 0 Å². The van der Waals surface area contributed by atoms with Gasteiger partial charge in [0, 0.05) is 13.2 Å². The lowest BCUT2D eigenvalue weighted by atomic mass is 10.3. The molecule has 0 saturated heterocycles. The van der Waals surface area contributed by atoms with Crippen LogP contribution in [0.25, 0.3) is 0 Å². The first kappa shape index (κ1) is 16.0. The molecule has 2 N–H and O–H groups in total. The van der Waals surface area contributed by atoms with Gasteiger partial charge in [-0.2, -0.15) is 0 Å². The van der Waals surface area contributed by atoms with Crippen LogP contribution in [0, 0.1) is 11.6 Å². The molecule has 0 fully saturated rings. The van der Waals surface area contributed by atoms with E-state index in [1.54, 1.807) is 18.4 Å². The van der Waals surface area contributed by atoms with Gasteiger partial charge in [0.15, 0.2) is 0 Å². The van der Waals surface area contributed by atoms with E-state index in [-0.39, 0.29) is 0 Å². The number of benzene rings is 1. The van der Waals surface area contributed by atoms with Gasteiger partial charge in [0.05, 0.1) is 6.26 Å². The topological polar surface area (TPSA) is 63.5 Å². The lowest BCUT2D eigenvalue weighted by Crippen LogP contribution is -2.30. The van der Waals surface area contributed by atoms with Crippen molar-refractivity contribution in [1.82, 2.24) is 5.32 Å². The Balaban J connectivity index is 1.62. The summed E-state index contributed by atoms with van der Waals surface area (Å²) in [6.07, 6.45) is 2.13. The second kappa shape index (κ2) is 8.14. The van der Waals surface area contributed by atoms with Crippen molar-refractivity contribution in [3.63, 3.8) is 0 Å². The van der Waals surface area contributed by atoms with Crippen LogP contribution in [0.3, 0.4) is 0 Å². The largest absolute Gasteiger partial charge is 0.467 e. The maximum atomic E-state index is 13.3. The monoisotopic (exact) mass is 310 g/mol. The molecule has 7 heteroatoms. The predicted octanol–water partition coefficient (Wildman–Crippen LogP) is 3.29. The quantitative estimate of drug-likeness (QED) is 0.771. The third-order valence-electron chi connectivity index (χ3n) is 2.78. The number of amides is 2. The van der Waals surface area contributed by atoms with E-state index in [0.29, 0.717) is 26.2 Å². The van der Waals surface area contributed by atoms with Crippen LogP contribution in [0.5, 0.6) is 0 Å². The van der Waals surface area contributed by atoms with Crippen molar-refractivity contribution >= 4 is 11.7 Å². The summed E-state index contributed by atoms with van der Waals surface area (Å²) in [5.74, 6) is -0.922. The molecule has 0 spiro atoms. The fourth-order valence-corrected chi connectivity index (χ4v) is 1.72. The fourth-order valence-electron chi connectivity index (χ4n) is 1.72. The Kier molecular flexibility index (Phi) is 5.91. The number of carbonyl (C=O) groups excluding carboxylic acids is 1. The highest BCUT2D eigenvalue weighted by Crippen LogP contribution is 2.17. The molecule has 0 aliphatic rings. The van der Waals surface area contributed by atoms with Crippen LogP contribution < -0.4 is 10.6 Å². The minimum absolute atomic E-state index is 0.320. The first-order valence-corrected chi connectivity index (χ1v) is 6.76. The molecule has 0 saturated carbocycles. The lowest BCUT2D eigenvalue weighted by Gasteiger charge is -2.09. The summed E-state index contributed by atoms with van der Waals surface area (Å²) in [5.41, 5.74) is -0.464. The molecule has 2 amide bonds. The zero-order valence-electron chi connectivity index (χ0n) is 11.8. The van der Waals surface area contributed by atoms with Gasteiger partial charge in [-0.3, -0.25) is 0 Å². The summed E-state index contributed by atoms with van der Waals surface area (Å²) >= 11 is 0. The van der Waals surface area contributed by atoms with Gasteiger partial charge in [0.2, 0.25) is 0 Å². The molecule has 5 nitrogen and oxygen atoms in total. The molecular weight excluding hydrogens is 294 g/mol. The number of hydrogen-bond acceptors (Lipinski definition) is 3. The number of carbonyl (C=O) groups is 1. The smallest absolute Gasteiger partial charge is 0.319 e. The van der Waals surface area contributed by atoms with Crippen molar-refractivity contribution < 1.29 is 22.7 Å². The molecular formula is C15H16F2N2O3. The van der Waals surface area contributed by atoms with Gasteiger partial charge in [-0.05, 0) is 30.7 Å². The molecule has 0 bridgehead atoms. The van der Waals surface area contributed by atoms with Crippen molar-refractivity contribution in [3.05, 3.63) is 54.0 Å². The molecule has 2 rings (SSSR count). The minimum Gasteiger partial charge on any atom is -0.467 e. The van der Waals surface area contributed by atoms with E-state index in [4.69, 9.17) is 9.15 Å². The molecule has 0 aliphatic heterocycles. The van der Waals surface area contributed by atoms with E-state index in [2.05, 4.69) is 10.6 Å². The summed E-state index contributed by atoms with van der Waals surface area (Å²) in [5, 5.41) is 4.63. The maximum absolute atomic E-state index is 13.3. The molecule has 0 radical (unpaired) electrons. The highest BCUT2D eigenvalue weighted by atomic mass is 19.1. The Morgan fingerprint density at radius 2 is 1.95 bits per heavy atom. The number of ether oxygens (including phenoxy) is 1. The maximum Gasteiger partial charge on any atom is 0.319 e. The predicted molar refractivity (Wildman–Crippen MR) is 76.4 cm³/mol. The Morgan fingerprint density at radius 3 is 2.64 bits per heavy atom. The number of nitrogens with one attached hydrogen (secondary N) is 2. The summed E-state index contributed by atoms with van der Waals surface area (Å²) in [4.78, 5) is 11.5. The summed E-state index contributed by atoms with van der Waals surface area (Å²) < 4.78 is 37.1. The van der Waals surface area contributed by atoms with Crippen molar-refractivity contribution in [1.29, 1.82) is 0 Å². The number of rotatable bonds is 7. The molecule has 1 aromatic heterocycles. The van der Waals surface area contributed by atoms with Gasteiger partial charge in [-0.25, -0.2) is 13.6 Å². The van der Waals surface area contributed by atoms with E-state index in [0.717, 1.165) is 17.9 Å². The fraction of sp³-hybridized carbons (Fsp3) is 0.267. The molecule has 1 heterocycles. The highest BCUT2D eigenvalue weighted by Gasteiger charge is 2.11. The van der Waals surface area contributed by atoms with Crippen molar-refractivity contribution in [2.24, 2.45) is 0 Å². The van der Waals surface area contributed by atoms with Gasteiger partial charge in [-0.15, -0.1) is 0 Å². The van der Waals surface area contributed by atoms with Gasteiger partial charge in [-0.1, -0.05) is 6.07 Å². The number of anilines is 1. The normalized spacial score (nSPS) is 10.5. The summed E-state index contributed by atoms with van der Waals surface area (Å²) in [6, 6.07) is 6.27. The molecule has 118 valence electrons. The Hall–Kier alpha value is -2.41. The first-order valence-electron chi connectivity index (χ1n) is 6.76. The molecule has 0 atom stereocenters. The summed E-state index contributed by atoms with van der Waals surface area (Å²) in [7, 11) is 0. The Labute approximate surface area is 126 Å². The summed E-state index contributed by atoms with van der Waals surface area (Å²) in [6.45, 7) is 1.11. The second-order valence-electron chi connectivity index (χ2n) is 4.46. The van der Waals surface area contributed by atoms with E-state index in [1.807, 2.05) is 0 Å². The number of halogens is 2. The molecule has 0 aliphatic carbocycles. The Morgan fingerprint density at radius 1 is 1.18 bits per heavy atom. The number of para-hydroxylation sites is 1. The van der Waals surface area contributed by atoms with E-state index in [9.17, 15) is 13.6 Å². The van der Waals surface area contributed by atoms with E-state index in [1.165, 1.54) is 6.07 Å². The second-order valence-corrected chi connectivity index (χ2v) is 4.46.